The van der Waals surface area contributed by atoms with Gasteiger partial charge in [-0.2, -0.15) is 0 Å². The van der Waals surface area contributed by atoms with Gasteiger partial charge < -0.3 is 0 Å². The Bertz CT molecular complexity index is 269. The summed E-state index contributed by atoms with van der Waals surface area (Å²) in [6, 6.07) is 4.56. The van der Waals surface area contributed by atoms with Crippen LogP contribution in [0.15, 0.2) is 18.3 Å². The van der Waals surface area contributed by atoms with Gasteiger partial charge in [0.2, 0.25) is 0 Å². The van der Waals surface area contributed by atoms with E-state index in [4.69, 9.17) is 0 Å². The number of hydrazine groups is 1. The molecule has 0 aliphatic carbocycles. The number of hydrogen-bond donors (Lipinski definition) is 0. The third-order valence-electron chi connectivity index (χ3n) is 2.61. The van der Waals surface area contributed by atoms with E-state index < -0.39 is 0 Å². The van der Waals surface area contributed by atoms with Gasteiger partial charge in [-0.1, -0.05) is 6.07 Å². The van der Waals surface area contributed by atoms with Crippen LogP contribution >= 0.6 is 0 Å². The van der Waals surface area contributed by atoms with E-state index in [1.54, 1.807) is 0 Å². The number of pyridine rings is 1. The van der Waals surface area contributed by atoms with E-state index in [0.29, 0.717) is 6.04 Å². The number of hydrogen-bond acceptors (Lipinski definition) is 3. The summed E-state index contributed by atoms with van der Waals surface area (Å²) in [4.78, 5) is 4.33. The quantitative estimate of drug-likeness (QED) is 0.577. The van der Waals surface area contributed by atoms with Gasteiger partial charge >= 0.3 is 0 Å². The van der Waals surface area contributed by atoms with Crippen LogP contribution in [0.2, 0.25) is 0 Å². The second-order valence-corrected chi connectivity index (χ2v) is 3.19. The maximum Gasteiger partial charge on any atom is 0.147 e. The molecule has 1 aromatic heterocycles. The highest BCUT2D eigenvalue weighted by molar-refractivity contribution is 5.50. The first-order chi connectivity index (χ1) is 5.72. The molecule has 3 heteroatoms. The summed E-state index contributed by atoms with van der Waals surface area (Å²) in [5.41, 5.74) is 1.31. The fourth-order valence-electron chi connectivity index (χ4n) is 1.62. The Morgan fingerprint density at radius 1 is 1.42 bits per heavy atom. The van der Waals surface area contributed by atoms with Gasteiger partial charge in [0.15, 0.2) is 0 Å². The molecule has 1 aliphatic heterocycles. The van der Waals surface area contributed by atoms with E-state index in [9.17, 15) is 0 Å². The van der Waals surface area contributed by atoms with Gasteiger partial charge in [0.05, 0.1) is 6.04 Å². The van der Waals surface area contributed by atoms with Crippen LogP contribution < -0.4 is 5.01 Å². The first kappa shape index (κ1) is 7.55. The fraction of sp³-hybridized carbons (Fsp3) is 0.444. The lowest BCUT2D eigenvalue weighted by Crippen LogP contribution is -2.32. The van der Waals surface area contributed by atoms with Crippen molar-refractivity contribution in [1.82, 2.24) is 9.99 Å². The van der Waals surface area contributed by atoms with Gasteiger partial charge in [-0.25, -0.2) is 9.99 Å². The number of aromatic nitrogens is 1. The average molecular weight is 163 g/mol. The van der Waals surface area contributed by atoms with Crippen molar-refractivity contribution in [3.05, 3.63) is 23.9 Å². The Morgan fingerprint density at radius 3 is 2.83 bits per heavy atom. The molecule has 0 saturated carbocycles. The van der Waals surface area contributed by atoms with Crippen LogP contribution in [0.3, 0.4) is 0 Å². The molecule has 0 bridgehead atoms. The van der Waals surface area contributed by atoms with Gasteiger partial charge in [0.1, 0.15) is 5.82 Å². The Labute approximate surface area is 72.6 Å². The van der Waals surface area contributed by atoms with Crippen LogP contribution in [0.4, 0.5) is 5.82 Å². The highest BCUT2D eigenvalue weighted by atomic mass is 15.6. The zero-order chi connectivity index (χ0) is 8.72. The molecule has 0 N–H and O–H groups in total. The normalized spacial score (nSPS) is 22.9. The standard InChI is InChI=1S/C9H13N3/c1-7-8-5-4-6-10-9(8)12(3)11(7)2/h4-7H,1-3H3. The van der Waals surface area contributed by atoms with Crippen LogP contribution in [0.1, 0.15) is 18.5 Å². The largest absolute Gasteiger partial charge is 0.292 e. The lowest BCUT2D eigenvalue weighted by atomic mass is 10.1. The van der Waals surface area contributed by atoms with Gasteiger partial charge in [-0.3, -0.25) is 5.01 Å². The Balaban J connectivity index is 2.52. The van der Waals surface area contributed by atoms with Gasteiger partial charge in [-0.05, 0) is 13.0 Å². The average Bonchev–Trinajstić information content (AvgIpc) is 2.33. The Morgan fingerprint density at radius 2 is 2.17 bits per heavy atom. The molecule has 0 aromatic carbocycles. The molecule has 64 valence electrons. The molecule has 2 rings (SSSR count). The molecule has 3 nitrogen and oxygen atoms in total. The van der Waals surface area contributed by atoms with Gasteiger partial charge in [0, 0.05) is 25.9 Å². The second kappa shape index (κ2) is 2.45. The first-order valence-corrected chi connectivity index (χ1v) is 4.13. The van der Waals surface area contributed by atoms with Crippen LogP contribution in [0.5, 0.6) is 0 Å². The van der Waals surface area contributed by atoms with E-state index in [-0.39, 0.29) is 0 Å². The van der Waals surface area contributed by atoms with Crippen molar-refractivity contribution in [3.63, 3.8) is 0 Å². The molecule has 0 spiro atoms. The Hall–Kier alpha value is -1.09. The molecule has 1 aromatic rings. The van der Waals surface area contributed by atoms with E-state index in [0.717, 1.165) is 5.82 Å². The van der Waals surface area contributed by atoms with Gasteiger partial charge in [-0.15, -0.1) is 0 Å². The SMILES string of the molecule is CC1c2cccnc2N(C)N1C. The maximum atomic E-state index is 4.33. The van der Waals surface area contributed by atoms with Crippen molar-refractivity contribution >= 4 is 5.82 Å². The third-order valence-corrected chi connectivity index (χ3v) is 2.61. The van der Waals surface area contributed by atoms with E-state index >= 15 is 0 Å². The maximum absolute atomic E-state index is 4.33. The zero-order valence-electron chi connectivity index (χ0n) is 7.65. The lowest BCUT2D eigenvalue weighted by molar-refractivity contribution is 0.279. The van der Waals surface area contributed by atoms with Crippen LogP contribution in [0.25, 0.3) is 0 Å². The number of nitrogens with zero attached hydrogens (tertiary/aromatic N) is 3. The zero-order valence-corrected chi connectivity index (χ0v) is 7.65. The predicted octanol–water partition coefficient (Wildman–Crippen LogP) is 1.44. The summed E-state index contributed by atoms with van der Waals surface area (Å²) in [7, 11) is 4.11. The second-order valence-electron chi connectivity index (χ2n) is 3.19. The topological polar surface area (TPSA) is 19.4 Å². The molecule has 0 radical (unpaired) electrons. The molecule has 0 fully saturated rings. The summed E-state index contributed by atoms with van der Waals surface area (Å²) in [5.74, 6) is 1.08. The number of anilines is 1. The first-order valence-electron chi connectivity index (χ1n) is 4.13. The highest BCUT2D eigenvalue weighted by Crippen LogP contribution is 2.34. The summed E-state index contributed by atoms with van der Waals surface area (Å²) >= 11 is 0. The summed E-state index contributed by atoms with van der Waals surface area (Å²) in [6.07, 6.45) is 1.83. The van der Waals surface area contributed by atoms with Crippen LogP contribution in [-0.2, 0) is 0 Å². The van der Waals surface area contributed by atoms with E-state index in [2.05, 4.69) is 35.0 Å². The molecular formula is C9H13N3. The van der Waals surface area contributed by atoms with Crippen molar-refractivity contribution in [3.8, 4) is 0 Å². The summed E-state index contributed by atoms with van der Waals surface area (Å²) < 4.78 is 0. The minimum Gasteiger partial charge on any atom is -0.292 e. The molecular weight excluding hydrogens is 150 g/mol. The molecule has 0 saturated heterocycles. The minimum atomic E-state index is 0.443. The van der Waals surface area contributed by atoms with Crippen LogP contribution in [0, 0.1) is 0 Å². The molecule has 1 unspecified atom stereocenters. The van der Waals surface area contributed by atoms with Gasteiger partial charge in [0.25, 0.3) is 0 Å². The molecule has 1 aliphatic rings. The van der Waals surface area contributed by atoms with Crippen LogP contribution in [-0.4, -0.2) is 24.1 Å². The molecule has 12 heavy (non-hydrogen) atoms. The van der Waals surface area contributed by atoms with E-state index in [1.807, 2.05) is 19.3 Å². The van der Waals surface area contributed by atoms with E-state index in [1.165, 1.54) is 5.56 Å². The summed E-state index contributed by atoms with van der Waals surface area (Å²) in [6.45, 7) is 2.18. The van der Waals surface area contributed by atoms with Crippen molar-refractivity contribution in [2.24, 2.45) is 0 Å². The third kappa shape index (κ3) is 0.830. The highest BCUT2D eigenvalue weighted by Gasteiger charge is 2.28. The van der Waals surface area contributed by atoms with Crippen molar-refractivity contribution in [2.75, 3.05) is 19.1 Å². The summed E-state index contributed by atoms with van der Waals surface area (Å²) in [5, 5.41) is 4.26. The smallest absolute Gasteiger partial charge is 0.147 e. The van der Waals surface area contributed by atoms with Crippen molar-refractivity contribution in [1.29, 1.82) is 0 Å². The predicted molar refractivity (Wildman–Crippen MR) is 48.8 cm³/mol. The molecule has 0 amide bonds. The fourth-order valence-corrected chi connectivity index (χ4v) is 1.62. The van der Waals surface area contributed by atoms with Crippen molar-refractivity contribution < 1.29 is 0 Å². The molecule has 2 heterocycles. The lowest BCUT2D eigenvalue weighted by Gasteiger charge is -2.23. The Kier molecular flexibility index (Phi) is 1.54. The molecule has 1 atom stereocenters. The number of rotatable bonds is 0. The number of fused-ring (bicyclic) bond motifs is 1. The monoisotopic (exact) mass is 163 g/mol. The van der Waals surface area contributed by atoms with Crippen molar-refractivity contribution in [2.45, 2.75) is 13.0 Å². The minimum absolute atomic E-state index is 0.443.